The van der Waals surface area contributed by atoms with Gasteiger partial charge in [-0.2, -0.15) is 0 Å². The maximum Gasteiger partial charge on any atom is 0.128 e. The molecule has 3 nitrogen and oxygen atoms in total. The van der Waals surface area contributed by atoms with Crippen molar-refractivity contribution in [3.8, 4) is 11.5 Å². The van der Waals surface area contributed by atoms with Crippen molar-refractivity contribution in [2.75, 3.05) is 14.2 Å². The quantitative estimate of drug-likeness (QED) is 0.936. The first-order valence-electron chi connectivity index (χ1n) is 6.72. The molecule has 0 heterocycles. The van der Waals surface area contributed by atoms with Crippen molar-refractivity contribution in [3.05, 3.63) is 58.4 Å². The molecule has 0 radical (unpaired) electrons. The summed E-state index contributed by atoms with van der Waals surface area (Å²) in [6.07, 6.45) is 0. The van der Waals surface area contributed by atoms with Crippen molar-refractivity contribution in [2.45, 2.75) is 19.9 Å². The largest absolute Gasteiger partial charge is 0.497 e. The lowest BCUT2D eigenvalue weighted by molar-refractivity contribution is 0.396. The number of ether oxygens (including phenoxy) is 2. The lowest BCUT2D eigenvalue weighted by Crippen LogP contribution is -2.16. The van der Waals surface area contributed by atoms with E-state index in [2.05, 4.69) is 0 Å². The van der Waals surface area contributed by atoms with Crippen LogP contribution in [0.15, 0.2) is 30.3 Å². The molecule has 2 N–H and O–H groups in total. The van der Waals surface area contributed by atoms with Gasteiger partial charge in [0.05, 0.1) is 20.3 Å². The van der Waals surface area contributed by atoms with E-state index < -0.39 is 6.04 Å². The zero-order valence-corrected chi connectivity index (χ0v) is 12.7. The predicted octanol–water partition coefficient (Wildman–Crippen LogP) is 3.51. The van der Waals surface area contributed by atoms with Gasteiger partial charge in [-0.05, 0) is 49.2 Å². The molecule has 4 heteroatoms. The molecule has 1 atom stereocenters. The maximum absolute atomic E-state index is 14.3. The SMILES string of the molecule is COc1ccc(OC)c(C(N)c2c(C)cc(C)cc2F)c1. The molecule has 112 valence electrons. The van der Waals surface area contributed by atoms with E-state index in [0.717, 1.165) is 11.1 Å². The molecule has 0 amide bonds. The second kappa shape index (κ2) is 6.14. The summed E-state index contributed by atoms with van der Waals surface area (Å²) >= 11 is 0. The third-order valence-corrected chi connectivity index (χ3v) is 3.56. The Labute approximate surface area is 124 Å². The van der Waals surface area contributed by atoms with E-state index in [-0.39, 0.29) is 5.82 Å². The first-order chi connectivity index (χ1) is 9.97. The van der Waals surface area contributed by atoms with Crippen molar-refractivity contribution < 1.29 is 13.9 Å². The van der Waals surface area contributed by atoms with E-state index in [4.69, 9.17) is 15.2 Å². The molecule has 0 aliphatic rings. The van der Waals surface area contributed by atoms with Gasteiger partial charge in [-0.3, -0.25) is 0 Å². The van der Waals surface area contributed by atoms with Gasteiger partial charge in [0, 0.05) is 11.1 Å². The van der Waals surface area contributed by atoms with Gasteiger partial charge in [0.2, 0.25) is 0 Å². The van der Waals surface area contributed by atoms with Gasteiger partial charge >= 0.3 is 0 Å². The molecular weight excluding hydrogens is 269 g/mol. The lowest BCUT2D eigenvalue weighted by atomic mass is 9.93. The third kappa shape index (κ3) is 3.00. The van der Waals surface area contributed by atoms with Gasteiger partial charge in [0.1, 0.15) is 17.3 Å². The average Bonchev–Trinajstić information content (AvgIpc) is 2.45. The summed E-state index contributed by atoms with van der Waals surface area (Å²) in [5, 5.41) is 0. The molecule has 0 aliphatic heterocycles. The van der Waals surface area contributed by atoms with E-state index in [1.54, 1.807) is 32.4 Å². The summed E-state index contributed by atoms with van der Waals surface area (Å²) in [6.45, 7) is 3.72. The number of rotatable bonds is 4. The average molecular weight is 289 g/mol. The molecule has 2 rings (SSSR count). The molecule has 0 aromatic heterocycles. The van der Waals surface area contributed by atoms with Crippen LogP contribution >= 0.6 is 0 Å². The number of aryl methyl sites for hydroxylation is 2. The molecule has 1 unspecified atom stereocenters. The minimum absolute atomic E-state index is 0.301. The van der Waals surface area contributed by atoms with Crippen LogP contribution in [-0.2, 0) is 0 Å². The molecule has 2 aromatic rings. The molecule has 0 spiro atoms. The number of hydrogen-bond acceptors (Lipinski definition) is 3. The van der Waals surface area contributed by atoms with Crippen LogP contribution in [0.3, 0.4) is 0 Å². The van der Waals surface area contributed by atoms with E-state index in [0.29, 0.717) is 22.6 Å². The molecule has 0 saturated carbocycles. The first kappa shape index (κ1) is 15.3. The second-order valence-electron chi connectivity index (χ2n) is 5.06. The molecule has 0 saturated heterocycles. The van der Waals surface area contributed by atoms with Gasteiger partial charge in [0.15, 0.2) is 0 Å². The number of nitrogens with two attached hydrogens (primary N) is 1. The minimum Gasteiger partial charge on any atom is -0.497 e. The van der Waals surface area contributed by atoms with Crippen molar-refractivity contribution in [3.63, 3.8) is 0 Å². The summed E-state index contributed by atoms with van der Waals surface area (Å²) in [5.41, 5.74) is 9.17. The number of halogens is 1. The van der Waals surface area contributed by atoms with Crippen molar-refractivity contribution in [1.29, 1.82) is 0 Å². The monoisotopic (exact) mass is 289 g/mol. The first-order valence-corrected chi connectivity index (χ1v) is 6.72. The third-order valence-electron chi connectivity index (χ3n) is 3.56. The normalized spacial score (nSPS) is 12.1. The number of methoxy groups -OCH3 is 2. The Morgan fingerprint density at radius 2 is 1.76 bits per heavy atom. The van der Waals surface area contributed by atoms with Crippen LogP contribution in [-0.4, -0.2) is 14.2 Å². The fourth-order valence-electron chi connectivity index (χ4n) is 2.56. The zero-order chi connectivity index (χ0) is 15.6. The highest BCUT2D eigenvalue weighted by molar-refractivity contribution is 5.48. The molecular formula is C17H20FNO2. The van der Waals surface area contributed by atoms with Crippen molar-refractivity contribution in [2.24, 2.45) is 5.73 Å². The topological polar surface area (TPSA) is 44.5 Å². The van der Waals surface area contributed by atoms with Crippen LogP contribution in [0.25, 0.3) is 0 Å². The highest BCUT2D eigenvalue weighted by Gasteiger charge is 2.20. The summed E-state index contributed by atoms with van der Waals surface area (Å²) in [6, 6.07) is 8.14. The molecule has 0 fully saturated rings. The Bertz CT molecular complexity index is 632. The van der Waals surface area contributed by atoms with Crippen LogP contribution in [0, 0.1) is 19.7 Å². The van der Waals surface area contributed by atoms with Gasteiger partial charge in [0.25, 0.3) is 0 Å². The van der Waals surface area contributed by atoms with Crippen LogP contribution in [0.5, 0.6) is 11.5 Å². The van der Waals surface area contributed by atoms with Crippen molar-refractivity contribution >= 4 is 0 Å². The van der Waals surface area contributed by atoms with Crippen LogP contribution in [0.4, 0.5) is 4.39 Å². The fraction of sp³-hybridized carbons (Fsp3) is 0.294. The van der Waals surface area contributed by atoms with E-state index >= 15 is 0 Å². The second-order valence-corrected chi connectivity index (χ2v) is 5.06. The minimum atomic E-state index is -0.615. The van der Waals surface area contributed by atoms with Crippen LogP contribution < -0.4 is 15.2 Å². The standard InChI is InChI=1S/C17H20FNO2/c1-10-7-11(2)16(14(18)8-10)17(19)13-9-12(20-3)5-6-15(13)21-4/h5-9,17H,19H2,1-4H3. The van der Waals surface area contributed by atoms with E-state index in [9.17, 15) is 4.39 Å². The highest BCUT2D eigenvalue weighted by Crippen LogP contribution is 2.34. The van der Waals surface area contributed by atoms with Crippen LogP contribution in [0.2, 0.25) is 0 Å². The Kier molecular flexibility index (Phi) is 4.48. The lowest BCUT2D eigenvalue weighted by Gasteiger charge is -2.20. The maximum atomic E-state index is 14.3. The Morgan fingerprint density at radius 3 is 2.33 bits per heavy atom. The number of benzene rings is 2. The summed E-state index contributed by atoms with van der Waals surface area (Å²) in [7, 11) is 3.14. The van der Waals surface area contributed by atoms with Gasteiger partial charge in [-0.25, -0.2) is 4.39 Å². The van der Waals surface area contributed by atoms with Gasteiger partial charge in [-0.15, -0.1) is 0 Å². The van der Waals surface area contributed by atoms with E-state index in [1.165, 1.54) is 6.07 Å². The Morgan fingerprint density at radius 1 is 1.05 bits per heavy atom. The van der Waals surface area contributed by atoms with Crippen LogP contribution in [0.1, 0.15) is 28.3 Å². The van der Waals surface area contributed by atoms with Gasteiger partial charge < -0.3 is 15.2 Å². The molecule has 0 aliphatic carbocycles. The Balaban J connectivity index is 2.56. The number of hydrogen-bond donors (Lipinski definition) is 1. The fourth-order valence-corrected chi connectivity index (χ4v) is 2.56. The smallest absolute Gasteiger partial charge is 0.128 e. The predicted molar refractivity (Wildman–Crippen MR) is 81.5 cm³/mol. The summed E-state index contributed by atoms with van der Waals surface area (Å²) < 4.78 is 24.9. The molecule has 2 aromatic carbocycles. The highest BCUT2D eigenvalue weighted by atomic mass is 19.1. The summed E-state index contributed by atoms with van der Waals surface area (Å²) in [5.74, 6) is 0.971. The van der Waals surface area contributed by atoms with E-state index in [1.807, 2.05) is 19.9 Å². The molecule has 0 bridgehead atoms. The van der Waals surface area contributed by atoms with Gasteiger partial charge in [-0.1, -0.05) is 6.07 Å². The molecule has 21 heavy (non-hydrogen) atoms. The summed E-state index contributed by atoms with van der Waals surface area (Å²) in [4.78, 5) is 0. The Hall–Kier alpha value is -2.07. The zero-order valence-electron chi connectivity index (χ0n) is 12.7. The van der Waals surface area contributed by atoms with Crippen molar-refractivity contribution in [1.82, 2.24) is 0 Å².